The van der Waals surface area contributed by atoms with Gasteiger partial charge in [0.15, 0.2) is 0 Å². The molecule has 1 aliphatic rings. The Bertz CT molecular complexity index is 922. The first kappa shape index (κ1) is 18.7. The van der Waals surface area contributed by atoms with Gasteiger partial charge in [0.25, 0.3) is 0 Å². The zero-order valence-corrected chi connectivity index (χ0v) is 17.0. The Hall–Kier alpha value is -2.67. The summed E-state index contributed by atoms with van der Waals surface area (Å²) in [5.41, 5.74) is 3.12. The lowest BCUT2D eigenvalue weighted by atomic mass is 10.0. The number of pyridine rings is 1. The Morgan fingerprint density at radius 1 is 1.11 bits per heavy atom. The molecule has 0 N–H and O–H groups in total. The summed E-state index contributed by atoms with van der Waals surface area (Å²) in [4.78, 5) is 18.2. The SMILES string of the molecule is O=C(OCc1ccccc1)N1CCC(n2ncc(Br)c2-c2ccncc2)CC1. The smallest absolute Gasteiger partial charge is 0.410 e. The van der Waals surface area contributed by atoms with E-state index >= 15 is 0 Å². The molecule has 7 heteroatoms. The summed E-state index contributed by atoms with van der Waals surface area (Å²) in [5.74, 6) is 0. The molecule has 0 atom stereocenters. The van der Waals surface area contributed by atoms with E-state index in [-0.39, 0.29) is 12.1 Å². The quantitative estimate of drug-likeness (QED) is 0.590. The van der Waals surface area contributed by atoms with E-state index in [0.717, 1.165) is 34.1 Å². The summed E-state index contributed by atoms with van der Waals surface area (Å²) in [6, 6.07) is 13.9. The highest BCUT2D eigenvalue weighted by atomic mass is 79.9. The van der Waals surface area contributed by atoms with Crippen LogP contribution in [0, 0.1) is 0 Å². The molecule has 0 radical (unpaired) electrons. The Morgan fingerprint density at radius 3 is 2.54 bits per heavy atom. The summed E-state index contributed by atoms with van der Waals surface area (Å²) in [7, 11) is 0. The highest BCUT2D eigenvalue weighted by Crippen LogP contribution is 2.33. The van der Waals surface area contributed by atoms with Crippen LogP contribution in [-0.2, 0) is 11.3 Å². The zero-order valence-electron chi connectivity index (χ0n) is 15.4. The van der Waals surface area contributed by atoms with Crippen LogP contribution in [0.3, 0.4) is 0 Å². The van der Waals surface area contributed by atoms with Crippen molar-refractivity contribution in [3.05, 3.63) is 71.1 Å². The number of nitrogens with zero attached hydrogens (tertiary/aromatic N) is 4. The number of hydrogen-bond donors (Lipinski definition) is 0. The van der Waals surface area contributed by atoms with Crippen molar-refractivity contribution in [3.8, 4) is 11.3 Å². The monoisotopic (exact) mass is 440 g/mol. The minimum atomic E-state index is -0.252. The van der Waals surface area contributed by atoms with Crippen molar-refractivity contribution in [2.24, 2.45) is 0 Å². The summed E-state index contributed by atoms with van der Waals surface area (Å²) < 4.78 is 8.48. The second-order valence-electron chi connectivity index (χ2n) is 6.78. The van der Waals surface area contributed by atoms with E-state index in [4.69, 9.17) is 4.74 Å². The van der Waals surface area contributed by atoms with Crippen LogP contribution in [0.1, 0.15) is 24.4 Å². The predicted octanol–water partition coefficient (Wildman–Crippen LogP) is 4.68. The van der Waals surface area contributed by atoms with Crippen LogP contribution in [0.25, 0.3) is 11.3 Å². The average molecular weight is 441 g/mol. The molecule has 1 saturated heterocycles. The third-order valence-electron chi connectivity index (χ3n) is 4.98. The minimum absolute atomic E-state index is 0.243. The molecule has 1 amide bonds. The molecule has 28 heavy (non-hydrogen) atoms. The van der Waals surface area contributed by atoms with E-state index in [2.05, 4.69) is 30.7 Å². The number of carbonyl (C=O) groups excluding carboxylic acids is 1. The number of halogens is 1. The van der Waals surface area contributed by atoms with Gasteiger partial charge in [-0.2, -0.15) is 5.10 Å². The Balaban J connectivity index is 1.38. The number of piperidine rings is 1. The highest BCUT2D eigenvalue weighted by molar-refractivity contribution is 9.10. The summed E-state index contributed by atoms with van der Waals surface area (Å²) >= 11 is 3.61. The molecule has 1 aromatic carbocycles. The number of aromatic nitrogens is 3. The first-order valence-corrected chi connectivity index (χ1v) is 10.1. The standard InChI is InChI=1S/C21H21BrN4O2/c22-19-14-24-26(20(19)17-6-10-23-11-7-17)18-8-12-25(13-9-18)21(27)28-15-16-4-2-1-3-5-16/h1-7,10-11,14,18H,8-9,12-13,15H2. The van der Waals surface area contributed by atoms with Gasteiger partial charge >= 0.3 is 6.09 Å². The molecule has 144 valence electrons. The summed E-state index contributed by atoms with van der Waals surface area (Å²) in [6.07, 6.45) is 6.82. The number of amides is 1. The van der Waals surface area contributed by atoms with Crippen molar-refractivity contribution in [3.63, 3.8) is 0 Å². The van der Waals surface area contributed by atoms with Gasteiger partial charge in [-0.05, 0) is 46.5 Å². The topological polar surface area (TPSA) is 60.2 Å². The molecule has 0 aliphatic carbocycles. The van der Waals surface area contributed by atoms with Crippen LogP contribution in [0.15, 0.2) is 65.5 Å². The third-order valence-corrected chi connectivity index (χ3v) is 5.56. The molecular weight excluding hydrogens is 420 g/mol. The van der Waals surface area contributed by atoms with Crippen molar-refractivity contribution in [2.45, 2.75) is 25.5 Å². The van der Waals surface area contributed by atoms with Gasteiger partial charge in [-0.3, -0.25) is 9.67 Å². The van der Waals surface area contributed by atoms with Gasteiger partial charge in [0.1, 0.15) is 6.61 Å². The first-order chi connectivity index (χ1) is 13.7. The predicted molar refractivity (Wildman–Crippen MR) is 110 cm³/mol. The van der Waals surface area contributed by atoms with E-state index < -0.39 is 0 Å². The maximum Gasteiger partial charge on any atom is 0.410 e. The number of likely N-dealkylation sites (tertiary alicyclic amines) is 1. The highest BCUT2D eigenvalue weighted by Gasteiger charge is 2.27. The van der Waals surface area contributed by atoms with E-state index in [1.165, 1.54) is 0 Å². The minimum Gasteiger partial charge on any atom is -0.445 e. The Kier molecular flexibility index (Phi) is 5.71. The van der Waals surface area contributed by atoms with Crippen molar-refractivity contribution in [1.29, 1.82) is 0 Å². The molecule has 6 nitrogen and oxygen atoms in total. The normalized spacial score (nSPS) is 14.8. The number of ether oxygens (including phenoxy) is 1. The van der Waals surface area contributed by atoms with Crippen molar-refractivity contribution in [1.82, 2.24) is 19.7 Å². The second kappa shape index (κ2) is 8.56. The van der Waals surface area contributed by atoms with Gasteiger partial charge in [-0.1, -0.05) is 30.3 Å². The lowest BCUT2D eigenvalue weighted by Crippen LogP contribution is -2.39. The van der Waals surface area contributed by atoms with E-state index in [9.17, 15) is 4.79 Å². The summed E-state index contributed by atoms with van der Waals surface area (Å²) in [5, 5.41) is 4.58. The molecule has 3 aromatic rings. The third kappa shape index (κ3) is 4.09. The zero-order chi connectivity index (χ0) is 19.3. The molecule has 0 saturated carbocycles. The van der Waals surface area contributed by atoms with Crippen LogP contribution in [0.4, 0.5) is 4.79 Å². The lowest BCUT2D eigenvalue weighted by Gasteiger charge is -2.32. The fourth-order valence-corrected chi connectivity index (χ4v) is 4.00. The Labute approximate surface area is 172 Å². The molecule has 4 rings (SSSR count). The number of rotatable bonds is 4. The first-order valence-electron chi connectivity index (χ1n) is 9.31. The fraction of sp³-hybridized carbons (Fsp3) is 0.286. The number of hydrogen-bond acceptors (Lipinski definition) is 4. The van der Waals surface area contributed by atoms with Gasteiger partial charge in [0.05, 0.1) is 22.4 Å². The van der Waals surface area contributed by atoms with E-state index in [1.54, 1.807) is 17.3 Å². The van der Waals surface area contributed by atoms with Crippen LogP contribution in [-0.4, -0.2) is 38.8 Å². The van der Waals surface area contributed by atoms with Gasteiger partial charge < -0.3 is 9.64 Å². The average Bonchev–Trinajstić information content (AvgIpc) is 3.15. The van der Waals surface area contributed by atoms with Crippen molar-refractivity contribution in [2.75, 3.05) is 13.1 Å². The fourth-order valence-electron chi connectivity index (χ4n) is 3.50. The maximum atomic E-state index is 12.4. The second-order valence-corrected chi connectivity index (χ2v) is 7.63. The lowest BCUT2D eigenvalue weighted by molar-refractivity contribution is 0.0823. The van der Waals surface area contributed by atoms with Crippen molar-refractivity contribution >= 4 is 22.0 Å². The van der Waals surface area contributed by atoms with Gasteiger partial charge in [0, 0.05) is 31.0 Å². The molecule has 2 aromatic heterocycles. The van der Waals surface area contributed by atoms with E-state index in [0.29, 0.717) is 19.7 Å². The van der Waals surface area contributed by atoms with Gasteiger partial charge in [-0.25, -0.2) is 4.79 Å². The molecular formula is C21H21BrN4O2. The van der Waals surface area contributed by atoms with Crippen LogP contribution in [0.5, 0.6) is 0 Å². The van der Waals surface area contributed by atoms with Gasteiger partial charge in [-0.15, -0.1) is 0 Å². The van der Waals surface area contributed by atoms with Crippen molar-refractivity contribution < 1.29 is 9.53 Å². The number of benzene rings is 1. The Morgan fingerprint density at radius 2 is 1.82 bits per heavy atom. The number of carbonyl (C=O) groups is 1. The van der Waals surface area contributed by atoms with E-state index in [1.807, 2.05) is 48.7 Å². The molecule has 1 aliphatic heterocycles. The largest absolute Gasteiger partial charge is 0.445 e. The molecule has 1 fully saturated rings. The van der Waals surface area contributed by atoms with Crippen LogP contribution in [0.2, 0.25) is 0 Å². The molecule has 0 bridgehead atoms. The maximum absolute atomic E-state index is 12.4. The van der Waals surface area contributed by atoms with Crippen LogP contribution < -0.4 is 0 Å². The van der Waals surface area contributed by atoms with Gasteiger partial charge in [0.2, 0.25) is 0 Å². The van der Waals surface area contributed by atoms with Crippen LogP contribution >= 0.6 is 15.9 Å². The summed E-state index contributed by atoms with van der Waals surface area (Å²) in [6.45, 7) is 1.62. The molecule has 0 spiro atoms. The molecule has 3 heterocycles. The molecule has 0 unspecified atom stereocenters.